The summed E-state index contributed by atoms with van der Waals surface area (Å²) in [7, 11) is 0. The van der Waals surface area contributed by atoms with Crippen molar-refractivity contribution < 1.29 is 4.79 Å². The van der Waals surface area contributed by atoms with Gasteiger partial charge in [0.1, 0.15) is 0 Å². The summed E-state index contributed by atoms with van der Waals surface area (Å²) in [6.45, 7) is 2.17. The van der Waals surface area contributed by atoms with Crippen molar-refractivity contribution in [3.63, 3.8) is 0 Å². The van der Waals surface area contributed by atoms with Crippen LogP contribution in [0.15, 0.2) is 48.5 Å². The highest BCUT2D eigenvalue weighted by Crippen LogP contribution is 2.13. The number of hydrogen-bond donors (Lipinski definition) is 1. The topological polar surface area (TPSA) is 52.9 Å². The fourth-order valence-electron chi connectivity index (χ4n) is 2.04. The zero-order valence-electron chi connectivity index (χ0n) is 12.1. The van der Waals surface area contributed by atoms with Crippen LogP contribution in [0.4, 0.5) is 5.69 Å². The lowest BCUT2D eigenvalue weighted by molar-refractivity contribution is 0.102. The molecule has 2 aromatic rings. The van der Waals surface area contributed by atoms with Gasteiger partial charge in [-0.25, -0.2) is 0 Å². The third-order valence-corrected chi connectivity index (χ3v) is 3.31. The second kappa shape index (κ2) is 7.25. The average molecular weight is 278 g/mol. The second-order valence-corrected chi connectivity index (χ2v) is 4.94. The third-order valence-electron chi connectivity index (χ3n) is 3.31. The van der Waals surface area contributed by atoms with E-state index in [-0.39, 0.29) is 5.91 Å². The van der Waals surface area contributed by atoms with E-state index in [1.165, 1.54) is 18.4 Å². The molecule has 106 valence electrons. The molecule has 3 heteroatoms. The number of carbonyl (C=O) groups excluding carboxylic acids is 1. The van der Waals surface area contributed by atoms with Crippen molar-refractivity contribution in [2.24, 2.45) is 0 Å². The predicted molar refractivity (Wildman–Crippen MR) is 84.2 cm³/mol. The lowest BCUT2D eigenvalue weighted by Crippen LogP contribution is -2.11. The summed E-state index contributed by atoms with van der Waals surface area (Å²) in [5.74, 6) is -0.166. The highest BCUT2D eigenvalue weighted by Gasteiger charge is 2.06. The Kier molecular flexibility index (Phi) is 5.11. The van der Waals surface area contributed by atoms with Crippen LogP contribution in [-0.4, -0.2) is 5.91 Å². The van der Waals surface area contributed by atoms with E-state index in [0.29, 0.717) is 11.1 Å². The number of rotatable bonds is 5. The molecule has 0 spiro atoms. The van der Waals surface area contributed by atoms with Crippen molar-refractivity contribution >= 4 is 11.6 Å². The van der Waals surface area contributed by atoms with Crippen LogP contribution in [0.3, 0.4) is 0 Å². The molecule has 0 fully saturated rings. The Bertz CT molecular complexity index is 636. The molecule has 0 unspecified atom stereocenters. The predicted octanol–water partition coefficient (Wildman–Crippen LogP) is 4.15. The number of unbranched alkanes of at least 4 members (excludes halogenated alkanes) is 1. The first-order chi connectivity index (χ1) is 10.2. The number of benzene rings is 2. The highest BCUT2D eigenvalue weighted by molar-refractivity contribution is 6.04. The molecule has 0 aromatic heterocycles. The minimum atomic E-state index is -0.166. The Morgan fingerprint density at radius 3 is 2.33 bits per heavy atom. The normalized spacial score (nSPS) is 9.90. The minimum absolute atomic E-state index is 0.166. The van der Waals surface area contributed by atoms with E-state index < -0.39 is 0 Å². The fraction of sp³-hybridized carbons (Fsp3) is 0.222. The van der Waals surface area contributed by atoms with E-state index >= 15 is 0 Å². The van der Waals surface area contributed by atoms with E-state index in [0.717, 1.165) is 12.1 Å². The maximum atomic E-state index is 12.1. The zero-order chi connectivity index (χ0) is 15.1. The number of nitrogens with one attached hydrogen (secondary N) is 1. The van der Waals surface area contributed by atoms with Crippen LogP contribution in [0, 0.1) is 11.3 Å². The van der Waals surface area contributed by atoms with Crippen molar-refractivity contribution in [1.82, 2.24) is 0 Å². The Balaban J connectivity index is 2.00. The number of anilines is 1. The molecule has 0 radical (unpaired) electrons. The smallest absolute Gasteiger partial charge is 0.255 e. The summed E-state index contributed by atoms with van der Waals surface area (Å²) in [6, 6.07) is 16.6. The number of carbonyl (C=O) groups is 1. The molecule has 0 saturated heterocycles. The molecule has 0 heterocycles. The molecule has 0 aliphatic heterocycles. The van der Waals surface area contributed by atoms with Gasteiger partial charge >= 0.3 is 0 Å². The van der Waals surface area contributed by atoms with Gasteiger partial charge in [-0.15, -0.1) is 0 Å². The Labute approximate surface area is 125 Å². The average Bonchev–Trinajstić information content (AvgIpc) is 2.54. The third kappa shape index (κ3) is 4.19. The van der Waals surface area contributed by atoms with Crippen molar-refractivity contribution in [2.45, 2.75) is 26.2 Å². The maximum Gasteiger partial charge on any atom is 0.255 e. The van der Waals surface area contributed by atoms with Gasteiger partial charge in [-0.1, -0.05) is 25.5 Å². The van der Waals surface area contributed by atoms with Gasteiger partial charge in [-0.2, -0.15) is 5.26 Å². The van der Waals surface area contributed by atoms with Gasteiger partial charge in [-0.3, -0.25) is 4.79 Å². The van der Waals surface area contributed by atoms with Crippen LogP contribution in [0.2, 0.25) is 0 Å². The van der Waals surface area contributed by atoms with E-state index in [4.69, 9.17) is 5.26 Å². The van der Waals surface area contributed by atoms with Gasteiger partial charge in [-0.05, 0) is 54.8 Å². The van der Waals surface area contributed by atoms with Crippen LogP contribution in [0.25, 0.3) is 0 Å². The number of nitriles is 1. The molecule has 1 N–H and O–H groups in total. The standard InChI is InChI=1S/C18H18N2O/c1-2-3-4-14-7-11-17(12-8-14)20-18(21)16-9-5-15(13-19)6-10-16/h5-12H,2-4H2,1H3,(H,20,21). The molecule has 0 aliphatic carbocycles. The fourth-order valence-corrected chi connectivity index (χ4v) is 2.04. The van der Waals surface area contributed by atoms with Gasteiger partial charge < -0.3 is 5.32 Å². The summed E-state index contributed by atoms with van der Waals surface area (Å²) >= 11 is 0. The molecule has 1 amide bonds. The van der Waals surface area contributed by atoms with Gasteiger partial charge in [0.2, 0.25) is 0 Å². The number of nitrogens with zero attached hydrogens (tertiary/aromatic N) is 1. The molecule has 21 heavy (non-hydrogen) atoms. The second-order valence-electron chi connectivity index (χ2n) is 4.94. The zero-order valence-corrected chi connectivity index (χ0v) is 12.1. The van der Waals surface area contributed by atoms with E-state index in [1.807, 2.05) is 30.3 Å². The molecule has 2 aromatic carbocycles. The minimum Gasteiger partial charge on any atom is -0.322 e. The van der Waals surface area contributed by atoms with Crippen LogP contribution < -0.4 is 5.32 Å². The first-order valence-electron chi connectivity index (χ1n) is 7.13. The quantitative estimate of drug-likeness (QED) is 0.893. The number of hydrogen-bond acceptors (Lipinski definition) is 2. The molecule has 0 bridgehead atoms. The summed E-state index contributed by atoms with van der Waals surface area (Å²) < 4.78 is 0. The number of amides is 1. The summed E-state index contributed by atoms with van der Waals surface area (Å²) in [4.78, 5) is 12.1. The highest BCUT2D eigenvalue weighted by atomic mass is 16.1. The van der Waals surface area contributed by atoms with E-state index in [9.17, 15) is 4.79 Å². The van der Waals surface area contributed by atoms with Gasteiger partial charge in [0.05, 0.1) is 11.6 Å². The van der Waals surface area contributed by atoms with Crippen LogP contribution in [0.5, 0.6) is 0 Å². The first kappa shape index (κ1) is 14.8. The summed E-state index contributed by atoms with van der Waals surface area (Å²) in [6.07, 6.45) is 3.43. The molecule has 3 nitrogen and oxygen atoms in total. The largest absolute Gasteiger partial charge is 0.322 e. The van der Waals surface area contributed by atoms with Gasteiger partial charge in [0, 0.05) is 11.3 Å². The first-order valence-corrected chi connectivity index (χ1v) is 7.13. The van der Waals surface area contributed by atoms with Crippen molar-refractivity contribution in [2.75, 3.05) is 5.32 Å². The lowest BCUT2D eigenvalue weighted by Gasteiger charge is -2.06. The van der Waals surface area contributed by atoms with Gasteiger partial charge in [0.25, 0.3) is 5.91 Å². The van der Waals surface area contributed by atoms with Gasteiger partial charge in [0.15, 0.2) is 0 Å². The monoisotopic (exact) mass is 278 g/mol. The molecular formula is C18H18N2O. The molecule has 0 saturated carbocycles. The molecule has 0 aliphatic rings. The van der Waals surface area contributed by atoms with Crippen molar-refractivity contribution in [3.8, 4) is 6.07 Å². The Morgan fingerprint density at radius 2 is 1.76 bits per heavy atom. The summed E-state index contributed by atoms with van der Waals surface area (Å²) in [5.41, 5.74) is 3.16. The molecular weight excluding hydrogens is 260 g/mol. The SMILES string of the molecule is CCCCc1ccc(NC(=O)c2ccc(C#N)cc2)cc1. The van der Waals surface area contributed by atoms with Crippen LogP contribution >= 0.6 is 0 Å². The van der Waals surface area contributed by atoms with Crippen LogP contribution in [0.1, 0.15) is 41.3 Å². The maximum absolute atomic E-state index is 12.1. The van der Waals surface area contributed by atoms with Crippen molar-refractivity contribution in [1.29, 1.82) is 5.26 Å². The lowest BCUT2D eigenvalue weighted by atomic mass is 10.1. The van der Waals surface area contributed by atoms with Crippen LogP contribution in [-0.2, 0) is 6.42 Å². The Hall–Kier alpha value is -2.60. The molecule has 2 rings (SSSR count). The molecule has 0 atom stereocenters. The summed E-state index contributed by atoms with van der Waals surface area (Å²) in [5, 5.41) is 11.6. The van der Waals surface area contributed by atoms with E-state index in [2.05, 4.69) is 12.2 Å². The Morgan fingerprint density at radius 1 is 1.10 bits per heavy atom. The van der Waals surface area contributed by atoms with E-state index in [1.54, 1.807) is 24.3 Å². The van der Waals surface area contributed by atoms with Crippen molar-refractivity contribution in [3.05, 3.63) is 65.2 Å². The number of aryl methyl sites for hydroxylation is 1.